The third-order valence-corrected chi connectivity index (χ3v) is 6.20. The Balaban J connectivity index is 1.48. The van der Waals surface area contributed by atoms with E-state index >= 15 is 0 Å². The van der Waals surface area contributed by atoms with Crippen LogP contribution in [0.5, 0.6) is 0 Å². The molecule has 8 nitrogen and oxygen atoms in total. The molecule has 0 atom stereocenters. The SMILES string of the molecule is CC(C)OC(=O)N1CCc2c([nH]c(-c3ccnc(NC(=O)C4(F)CC4)c3)c2Nc2ccccc2)C1. The molecule has 2 amide bonds. The zero-order chi connectivity index (χ0) is 24.6. The van der Waals surface area contributed by atoms with Crippen LogP contribution in [0.25, 0.3) is 11.3 Å². The zero-order valence-electron chi connectivity index (χ0n) is 19.7. The molecule has 2 aromatic heterocycles. The van der Waals surface area contributed by atoms with Crippen LogP contribution in [-0.2, 0) is 22.5 Å². The lowest BCUT2D eigenvalue weighted by Crippen LogP contribution is -2.37. The minimum absolute atomic E-state index is 0.192. The number of halogens is 1. The van der Waals surface area contributed by atoms with Crippen LogP contribution in [0.1, 0.15) is 37.9 Å². The summed E-state index contributed by atoms with van der Waals surface area (Å²) >= 11 is 0. The number of hydrogen-bond acceptors (Lipinski definition) is 5. The molecule has 0 spiro atoms. The van der Waals surface area contributed by atoms with Crippen LogP contribution in [0.15, 0.2) is 48.7 Å². The Hall–Kier alpha value is -3.88. The van der Waals surface area contributed by atoms with Crippen molar-refractivity contribution in [2.45, 2.75) is 51.4 Å². The van der Waals surface area contributed by atoms with Gasteiger partial charge in [0, 0.05) is 35.2 Å². The topological polar surface area (TPSA) is 99.3 Å². The fraction of sp³-hybridized carbons (Fsp3) is 0.346. The highest BCUT2D eigenvalue weighted by atomic mass is 19.1. The van der Waals surface area contributed by atoms with Gasteiger partial charge in [-0.3, -0.25) is 4.79 Å². The predicted molar refractivity (Wildman–Crippen MR) is 131 cm³/mol. The van der Waals surface area contributed by atoms with Gasteiger partial charge in [-0.2, -0.15) is 0 Å². The van der Waals surface area contributed by atoms with E-state index in [4.69, 9.17) is 4.74 Å². The number of fused-ring (bicyclic) bond motifs is 1. The Labute approximate surface area is 202 Å². The Morgan fingerprint density at radius 3 is 2.69 bits per heavy atom. The lowest BCUT2D eigenvalue weighted by atomic mass is 10.0. The third-order valence-electron chi connectivity index (χ3n) is 6.20. The van der Waals surface area contributed by atoms with E-state index in [1.807, 2.05) is 50.2 Å². The van der Waals surface area contributed by atoms with Gasteiger partial charge in [0.15, 0.2) is 5.67 Å². The minimum Gasteiger partial charge on any atom is -0.447 e. The van der Waals surface area contributed by atoms with E-state index in [1.165, 1.54) is 0 Å². The molecule has 3 aromatic rings. The summed E-state index contributed by atoms with van der Waals surface area (Å²) in [6.45, 7) is 4.59. The van der Waals surface area contributed by atoms with Crippen LogP contribution < -0.4 is 10.6 Å². The summed E-state index contributed by atoms with van der Waals surface area (Å²) in [6, 6.07) is 13.4. The first-order valence-corrected chi connectivity index (χ1v) is 11.8. The zero-order valence-corrected chi connectivity index (χ0v) is 19.7. The van der Waals surface area contributed by atoms with Crippen molar-refractivity contribution in [3.05, 3.63) is 59.9 Å². The van der Waals surface area contributed by atoms with Gasteiger partial charge in [0.2, 0.25) is 0 Å². The molecule has 1 aromatic carbocycles. The van der Waals surface area contributed by atoms with Crippen LogP contribution in [0, 0.1) is 0 Å². The molecule has 182 valence electrons. The summed E-state index contributed by atoms with van der Waals surface area (Å²) in [5, 5.41) is 6.11. The van der Waals surface area contributed by atoms with Gasteiger partial charge in [0.05, 0.1) is 24.0 Å². The van der Waals surface area contributed by atoms with E-state index in [9.17, 15) is 14.0 Å². The molecule has 1 aliphatic carbocycles. The molecule has 0 radical (unpaired) electrons. The number of nitrogens with zero attached hydrogens (tertiary/aromatic N) is 2. The van der Waals surface area contributed by atoms with E-state index in [2.05, 4.69) is 20.6 Å². The molecule has 1 fully saturated rings. The lowest BCUT2D eigenvalue weighted by Gasteiger charge is -2.27. The first-order valence-electron chi connectivity index (χ1n) is 11.8. The second-order valence-corrected chi connectivity index (χ2v) is 9.28. The van der Waals surface area contributed by atoms with Gasteiger partial charge < -0.3 is 25.3 Å². The van der Waals surface area contributed by atoms with E-state index in [1.54, 1.807) is 17.2 Å². The molecule has 3 heterocycles. The lowest BCUT2D eigenvalue weighted by molar-refractivity contribution is -0.122. The predicted octanol–water partition coefficient (Wildman–Crippen LogP) is 5.16. The fourth-order valence-electron chi connectivity index (χ4n) is 4.19. The number of para-hydroxylation sites is 1. The maximum atomic E-state index is 14.1. The van der Waals surface area contributed by atoms with Crippen molar-refractivity contribution in [3.8, 4) is 11.3 Å². The van der Waals surface area contributed by atoms with Crippen molar-refractivity contribution in [2.24, 2.45) is 0 Å². The van der Waals surface area contributed by atoms with E-state index in [0.717, 1.165) is 33.9 Å². The van der Waals surface area contributed by atoms with Crippen LogP contribution >= 0.6 is 0 Å². The van der Waals surface area contributed by atoms with Crippen LogP contribution in [0.4, 0.5) is 26.4 Å². The number of nitrogens with one attached hydrogen (secondary N) is 3. The maximum absolute atomic E-state index is 14.1. The number of carbonyl (C=O) groups excluding carboxylic acids is 2. The minimum atomic E-state index is -1.78. The number of benzene rings is 1. The van der Waals surface area contributed by atoms with Gasteiger partial charge in [-0.25, -0.2) is 14.2 Å². The number of alkyl halides is 1. The second-order valence-electron chi connectivity index (χ2n) is 9.28. The maximum Gasteiger partial charge on any atom is 0.410 e. The monoisotopic (exact) mass is 477 g/mol. The largest absolute Gasteiger partial charge is 0.447 e. The number of H-pyrrole nitrogens is 1. The molecule has 1 aliphatic heterocycles. The molecule has 9 heteroatoms. The van der Waals surface area contributed by atoms with Crippen LogP contribution in [0.3, 0.4) is 0 Å². The fourth-order valence-corrected chi connectivity index (χ4v) is 4.19. The summed E-state index contributed by atoms with van der Waals surface area (Å²) in [7, 11) is 0. The number of rotatable bonds is 6. The number of amides is 2. The van der Waals surface area contributed by atoms with E-state index < -0.39 is 11.6 Å². The second kappa shape index (κ2) is 9.05. The molecule has 3 N–H and O–H groups in total. The number of hydrogen-bond donors (Lipinski definition) is 3. The Morgan fingerprint density at radius 2 is 1.97 bits per heavy atom. The summed E-state index contributed by atoms with van der Waals surface area (Å²) in [6.07, 6.45) is 2.18. The normalized spacial score (nSPS) is 15.9. The van der Waals surface area contributed by atoms with Crippen molar-refractivity contribution in [1.82, 2.24) is 14.9 Å². The van der Waals surface area contributed by atoms with Crippen molar-refractivity contribution in [3.63, 3.8) is 0 Å². The number of pyridine rings is 1. The van der Waals surface area contributed by atoms with Crippen LogP contribution in [0.2, 0.25) is 0 Å². The summed E-state index contributed by atoms with van der Waals surface area (Å²) in [4.78, 5) is 34.1. The Morgan fingerprint density at radius 1 is 1.20 bits per heavy atom. The highest BCUT2D eigenvalue weighted by molar-refractivity contribution is 5.99. The molecular formula is C26H28FN5O3. The van der Waals surface area contributed by atoms with E-state index in [-0.39, 0.29) is 30.9 Å². The van der Waals surface area contributed by atoms with Gasteiger partial charge in [0.1, 0.15) is 5.82 Å². The van der Waals surface area contributed by atoms with Gasteiger partial charge in [-0.15, -0.1) is 0 Å². The molecule has 0 saturated heterocycles. The van der Waals surface area contributed by atoms with E-state index in [0.29, 0.717) is 19.5 Å². The highest BCUT2D eigenvalue weighted by Gasteiger charge is 2.51. The summed E-state index contributed by atoms with van der Waals surface area (Å²) in [5.41, 5.74) is 3.62. The number of aromatic amines is 1. The Kier molecular flexibility index (Phi) is 5.92. The van der Waals surface area contributed by atoms with Crippen molar-refractivity contribution in [1.29, 1.82) is 0 Å². The molecule has 2 aliphatic rings. The number of aromatic nitrogens is 2. The van der Waals surface area contributed by atoms with Gasteiger partial charge in [0.25, 0.3) is 5.91 Å². The van der Waals surface area contributed by atoms with Gasteiger partial charge in [-0.1, -0.05) is 18.2 Å². The average molecular weight is 478 g/mol. The Bertz CT molecular complexity index is 1250. The number of ether oxygens (including phenoxy) is 1. The summed E-state index contributed by atoms with van der Waals surface area (Å²) < 4.78 is 19.5. The molecular weight excluding hydrogens is 449 g/mol. The standard InChI is InChI=1S/C26H28FN5O3/c1-16(2)35-25(34)32-13-9-19-20(15-32)30-22(23(19)29-18-6-4-3-5-7-18)17-8-12-28-21(14-17)31-24(33)26(27)10-11-26/h3-8,12,14,16,29-30H,9-11,13,15H2,1-2H3,(H,28,31,33). The third kappa shape index (κ3) is 4.84. The molecule has 0 bridgehead atoms. The number of carbonyl (C=O) groups is 2. The molecule has 1 saturated carbocycles. The summed E-state index contributed by atoms with van der Waals surface area (Å²) in [5.74, 6) is -0.369. The van der Waals surface area contributed by atoms with Crippen molar-refractivity contribution >= 4 is 29.2 Å². The molecule has 35 heavy (non-hydrogen) atoms. The van der Waals surface area contributed by atoms with Crippen LogP contribution in [-0.4, -0.2) is 45.2 Å². The van der Waals surface area contributed by atoms with Gasteiger partial charge in [-0.05, 0) is 57.4 Å². The molecule has 0 unspecified atom stereocenters. The molecule has 5 rings (SSSR count). The average Bonchev–Trinajstić information content (AvgIpc) is 3.50. The first-order chi connectivity index (χ1) is 16.8. The van der Waals surface area contributed by atoms with Crippen molar-refractivity contribution in [2.75, 3.05) is 17.2 Å². The smallest absolute Gasteiger partial charge is 0.410 e. The first kappa shape index (κ1) is 22.9. The number of anilines is 3. The van der Waals surface area contributed by atoms with Crippen molar-refractivity contribution < 1.29 is 18.7 Å². The quantitative estimate of drug-likeness (QED) is 0.455. The van der Waals surface area contributed by atoms with Gasteiger partial charge >= 0.3 is 6.09 Å². The highest BCUT2D eigenvalue weighted by Crippen LogP contribution is 2.41.